The number of nitrogens with two attached hydrogens (primary N) is 1. The first-order valence-corrected chi connectivity index (χ1v) is 5.76. The number of amides is 2. The number of hydrogen-bond donors (Lipinski definition) is 2. The Morgan fingerprint density at radius 2 is 2.05 bits per heavy atom. The second kappa shape index (κ2) is 5.49. The third-order valence-electron chi connectivity index (χ3n) is 2.42. The molecule has 1 heterocycles. The van der Waals surface area contributed by atoms with Crippen LogP contribution in [0.3, 0.4) is 0 Å². The molecular weight excluding hydrogens is 266 g/mol. The number of nitrogens with zero attached hydrogens (tertiary/aromatic N) is 1. The van der Waals surface area contributed by atoms with E-state index in [1.54, 1.807) is 18.2 Å². The van der Waals surface area contributed by atoms with Crippen LogP contribution in [-0.4, -0.2) is 16.8 Å². The van der Waals surface area contributed by atoms with Gasteiger partial charge in [-0.05, 0) is 24.3 Å². The smallest absolute Gasteiger partial charge is 0.257 e. The van der Waals surface area contributed by atoms with Crippen LogP contribution in [0.1, 0.15) is 20.7 Å². The van der Waals surface area contributed by atoms with Gasteiger partial charge in [0, 0.05) is 23.6 Å². The van der Waals surface area contributed by atoms with E-state index in [2.05, 4.69) is 10.3 Å². The lowest BCUT2D eigenvalue weighted by Gasteiger charge is -2.07. The second-order valence-corrected chi connectivity index (χ2v) is 4.16. The van der Waals surface area contributed by atoms with E-state index in [-0.39, 0.29) is 10.9 Å². The van der Waals surface area contributed by atoms with Crippen LogP contribution < -0.4 is 11.1 Å². The topological polar surface area (TPSA) is 85.1 Å². The molecule has 2 aromatic rings. The van der Waals surface area contributed by atoms with E-state index in [4.69, 9.17) is 17.3 Å². The van der Waals surface area contributed by atoms with Crippen LogP contribution >= 0.6 is 11.6 Å². The Morgan fingerprint density at radius 1 is 1.26 bits per heavy atom. The number of anilines is 1. The summed E-state index contributed by atoms with van der Waals surface area (Å²) in [7, 11) is 0. The molecule has 1 aromatic carbocycles. The zero-order valence-electron chi connectivity index (χ0n) is 9.76. The van der Waals surface area contributed by atoms with Gasteiger partial charge in [0.05, 0.1) is 10.6 Å². The Bertz CT molecular complexity index is 643. The number of carbonyl (C=O) groups excluding carboxylic acids is 2. The Hall–Kier alpha value is -2.40. The quantitative estimate of drug-likeness (QED) is 0.899. The summed E-state index contributed by atoms with van der Waals surface area (Å²) in [6, 6.07) is 7.85. The summed E-state index contributed by atoms with van der Waals surface area (Å²) in [4.78, 5) is 26.8. The lowest BCUT2D eigenvalue weighted by atomic mass is 10.2. The number of pyridine rings is 1. The highest BCUT2D eigenvalue weighted by molar-refractivity contribution is 6.34. The van der Waals surface area contributed by atoms with Crippen LogP contribution in [0, 0.1) is 0 Å². The molecule has 19 heavy (non-hydrogen) atoms. The van der Waals surface area contributed by atoms with Gasteiger partial charge in [0.1, 0.15) is 0 Å². The molecule has 0 unspecified atom stereocenters. The fraction of sp³-hybridized carbons (Fsp3) is 0. The van der Waals surface area contributed by atoms with Crippen molar-refractivity contribution >= 4 is 29.1 Å². The van der Waals surface area contributed by atoms with Crippen LogP contribution in [-0.2, 0) is 0 Å². The number of rotatable bonds is 3. The van der Waals surface area contributed by atoms with Crippen molar-refractivity contribution < 1.29 is 9.59 Å². The third kappa shape index (κ3) is 3.08. The highest BCUT2D eigenvalue weighted by Crippen LogP contribution is 2.16. The van der Waals surface area contributed by atoms with Gasteiger partial charge in [0.15, 0.2) is 0 Å². The monoisotopic (exact) mass is 275 g/mol. The zero-order chi connectivity index (χ0) is 13.8. The third-order valence-corrected chi connectivity index (χ3v) is 2.72. The first-order chi connectivity index (χ1) is 9.08. The standard InChI is InChI=1S/C13H10ClN3O2/c14-11-7-16-5-4-10(11)13(19)17-9-3-1-2-8(6-9)12(15)18/h1-7H,(H2,15,18)(H,17,19). The molecule has 6 heteroatoms. The average molecular weight is 276 g/mol. The summed E-state index contributed by atoms with van der Waals surface area (Å²) < 4.78 is 0. The maximum atomic E-state index is 12.0. The van der Waals surface area contributed by atoms with E-state index in [0.717, 1.165) is 0 Å². The molecule has 0 fully saturated rings. The lowest BCUT2D eigenvalue weighted by molar-refractivity contribution is 0.0996. The minimum atomic E-state index is -0.557. The van der Waals surface area contributed by atoms with E-state index in [1.807, 2.05) is 0 Å². The SMILES string of the molecule is NC(=O)c1cccc(NC(=O)c2ccncc2Cl)c1. The molecular formula is C13H10ClN3O2. The maximum Gasteiger partial charge on any atom is 0.257 e. The van der Waals surface area contributed by atoms with E-state index in [0.29, 0.717) is 16.8 Å². The van der Waals surface area contributed by atoms with Gasteiger partial charge in [0.2, 0.25) is 5.91 Å². The van der Waals surface area contributed by atoms with E-state index in [9.17, 15) is 9.59 Å². The Labute approximate surface area is 114 Å². The number of benzene rings is 1. The predicted octanol–water partition coefficient (Wildman–Crippen LogP) is 2.09. The number of primary amides is 1. The number of halogens is 1. The zero-order valence-corrected chi connectivity index (χ0v) is 10.5. The van der Waals surface area contributed by atoms with E-state index in [1.165, 1.54) is 24.5 Å². The molecule has 0 radical (unpaired) electrons. The second-order valence-electron chi connectivity index (χ2n) is 3.75. The molecule has 1 aromatic heterocycles. The highest BCUT2D eigenvalue weighted by Gasteiger charge is 2.10. The summed E-state index contributed by atoms with van der Waals surface area (Å²) in [5.41, 5.74) is 6.26. The van der Waals surface area contributed by atoms with Crippen molar-refractivity contribution in [2.24, 2.45) is 5.73 Å². The van der Waals surface area contributed by atoms with Crippen LogP contribution in [0.2, 0.25) is 5.02 Å². The Morgan fingerprint density at radius 3 is 2.74 bits per heavy atom. The maximum absolute atomic E-state index is 12.0. The minimum Gasteiger partial charge on any atom is -0.366 e. The van der Waals surface area contributed by atoms with Gasteiger partial charge in [-0.15, -0.1) is 0 Å². The summed E-state index contributed by atoms with van der Waals surface area (Å²) in [5.74, 6) is -0.938. The molecule has 2 amide bonds. The van der Waals surface area contributed by atoms with Crippen molar-refractivity contribution in [3.05, 3.63) is 58.9 Å². The number of hydrogen-bond acceptors (Lipinski definition) is 3. The molecule has 5 nitrogen and oxygen atoms in total. The van der Waals surface area contributed by atoms with Crippen molar-refractivity contribution in [3.63, 3.8) is 0 Å². The minimum absolute atomic E-state index is 0.256. The predicted molar refractivity (Wildman–Crippen MR) is 72.2 cm³/mol. The van der Waals surface area contributed by atoms with E-state index < -0.39 is 5.91 Å². The molecule has 0 saturated carbocycles. The molecule has 96 valence electrons. The average Bonchev–Trinajstić information content (AvgIpc) is 2.39. The molecule has 0 bridgehead atoms. The van der Waals surface area contributed by atoms with Gasteiger partial charge in [0.25, 0.3) is 5.91 Å². The Balaban J connectivity index is 2.22. The summed E-state index contributed by atoms with van der Waals surface area (Å²) in [5, 5.41) is 2.89. The van der Waals surface area contributed by atoms with Crippen LogP contribution in [0.5, 0.6) is 0 Å². The molecule has 0 aliphatic rings. The highest BCUT2D eigenvalue weighted by atomic mass is 35.5. The Kier molecular flexibility index (Phi) is 3.77. The summed E-state index contributed by atoms with van der Waals surface area (Å²) >= 11 is 5.87. The molecule has 0 spiro atoms. The molecule has 0 saturated heterocycles. The fourth-order valence-electron chi connectivity index (χ4n) is 1.51. The first kappa shape index (κ1) is 13.0. The fourth-order valence-corrected chi connectivity index (χ4v) is 1.71. The van der Waals surface area contributed by atoms with Crippen LogP contribution in [0.25, 0.3) is 0 Å². The van der Waals surface area contributed by atoms with Crippen LogP contribution in [0.15, 0.2) is 42.7 Å². The van der Waals surface area contributed by atoms with Crippen molar-refractivity contribution in [2.75, 3.05) is 5.32 Å². The molecule has 3 N–H and O–H groups in total. The molecule has 0 aliphatic heterocycles. The molecule has 0 aliphatic carbocycles. The largest absolute Gasteiger partial charge is 0.366 e. The van der Waals surface area contributed by atoms with Gasteiger partial charge in [-0.1, -0.05) is 17.7 Å². The summed E-state index contributed by atoms with van der Waals surface area (Å²) in [6.45, 7) is 0. The van der Waals surface area contributed by atoms with Crippen molar-refractivity contribution in [2.45, 2.75) is 0 Å². The van der Waals surface area contributed by atoms with Crippen molar-refractivity contribution in [1.82, 2.24) is 4.98 Å². The van der Waals surface area contributed by atoms with Gasteiger partial charge in [-0.25, -0.2) is 0 Å². The van der Waals surface area contributed by atoms with Gasteiger partial charge in [-0.2, -0.15) is 0 Å². The number of nitrogens with one attached hydrogen (secondary N) is 1. The number of carbonyl (C=O) groups is 2. The van der Waals surface area contributed by atoms with Crippen molar-refractivity contribution in [3.8, 4) is 0 Å². The number of aromatic nitrogens is 1. The molecule has 2 rings (SSSR count). The first-order valence-electron chi connectivity index (χ1n) is 5.38. The van der Waals surface area contributed by atoms with Crippen molar-refractivity contribution in [1.29, 1.82) is 0 Å². The van der Waals surface area contributed by atoms with Gasteiger partial charge < -0.3 is 11.1 Å². The summed E-state index contributed by atoms with van der Waals surface area (Å²) in [6.07, 6.45) is 2.86. The van der Waals surface area contributed by atoms with Crippen LogP contribution in [0.4, 0.5) is 5.69 Å². The normalized spacial score (nSPS) is 9.95. The molecule has 0 atom stereocenters. The lowest BCUT2D eigenvalue weighted by Crippen LogP contribution is -2.14. The van der Waals surface area contributed by atoms with Gasteiger partial charge in [-0.3, -0.25) is 14.6 Å². The van der Waals surface area contributed by atoms with E-state index >= 15 is 0 Å². The van der Waals surface area contributed by atoms with Gasteiger partial charge >= 0.3 is 0 Å².